The summed E-state index contributed by atoms with van der Waals surface area (Å²) in [6.07, 6.45) is 8.01. The molecule has 0 aromatic rings. The minimum atomic E-state index is -0.251. The first-order valence-corrected chi connectivity index (χ1v) is 5.71. The molecule has 1 aliphatic heterocycles. The monoisotopic (exact) mass is 196 g/mol. The Morgan fingerprint density at radius 3 is 3.07 bits per heavy atom. The summed E-state index contributed by atoms with van der Waals surface area (Å²) in [5.41, 5.74) is 1.47. The first kappa shape index (κ1) is 10.2. The van der Waals surface area contributed by atoms with Crippen LogP contribution in [0.3, 0.4) is 0 Å². The van der Waals surface area contributed by atoms with Crippen LogP contribution in [0.15, 0.2) is 11.6 Å². The summed E-state index contributed by atoms with van der Waals surface area (Å²) in [6.45, 7) is 5.17. The summed E-state index contributed by atoms with van der Waals surface area (Å²) in [6, 6.07) is 0. The Kier molecular flexibility index (Phi) is 2.93. The molecule has 1 spiro atoms. The molecule has 1 fully saturated rings. The van der Waals surface area contributed by atoms with Gasteiger partial charge in [-0.3, -0.25) is 0 Å². The van der Waals surface area contributed by atoms with Crippen LogP contribution in [0.5, 0.6) is 0 Å². The molecule has 0 N–H and O–H groups in total. The second-order valence-corrected chi connectivity index (χ2v) is 4.50. The summed E-state index contributed by atoms with van der Waals surface area (Å²) in [5, 5.41) is 0. The highest BCUT2D eigenvalue weighted by molar-refractivity contribution is 5.06. The Morgan fingerprint density at radius 2 is 2.43 bits per heavy atom. The molecule has 2 rings (SSSR count). The summed E-state index contributed by atoms with van der Waals surface area (Å²) in [5.74, 6) is -0.251. The number of hydrogen-bond donors (Lipinski definition) is 0. The van der Waals surface area contributed by atoms with Crippen molar-refractivity contribution in [3.8, 4) is 0 Å². The maximum atomic E-state index is 6.01. The van der Waals surface area contributed by atoms with Crippen molar-refractivity contribution in [1.82, 2.24) is 0 Å². The number of rotatable bonds is 2. The van der Waals surface area contributed by atoms with Crippen LogP contribution < -0.4 is 0 Å². The topological polar surface area (TPSA) is 18.5 Å². The van der Waals surface area contributed by atoms with E-state index < -0.39 is 0 Å². The Bertz CT molecular complexity index is 234. The third-order valence-corrected chi connectivity index (χ3v) is 3.19. The minimum Gasteiger partial charge on any atom is -0.347 e. The van der Waals surface area contributed by atoms with Crippen LogP contribution in [0, 0.1) is 0 Å². The molecule has 2 nitrogen and oxygen atoms in total. The Hall–Kier alpha value is -0.340. The van der Waals surface area contributed by atoms with Gasteiger partial charge < -0.3 is 9.47 Å². The lowest BCUT2D eigenvalue weighted by molar-refractivity contribution is -0.173. The zero-order valence-corrected chi connectivity index (χ0v) is 9.21. The molecule has 14 heavy (non-hydrogen) atoms. The first-order valence-electron chi connectivity index (χ1n) is 5.71. The van der Waals surface area contributed by atoms with E-state index in [4.69, 9.17) is 9.47 Å². The molecule has 2 aliphatic rings. The highest BCUT2D eigenvalue weighted by Crippen LogP contribution is 2.37. The fourth-order valence-electron chi connectivity index (χ4n) is 2.24. The lowest BCUT2D eigenvalue weighted by Crippen LogP contribution is -2.32. The second kappa shape index (κ2) is 4.03. The van der Waals surface area contributed by atoms with Gasteiger partial charge in [0.1, 0.15) is 0 Å². The molecule has 2 heteroatoms. The van der Waals surface area contributed by atoms with Crippen molar-refractivity contribution in [2.45, 2.75) is 57.8 Å². The van der Waals surface area contributed by atoms with Crippen LogP contribution in [0.2, 0.25) is 0 Å². The van der Waals surface area contributed by atoms with Gasteiger partial charge >= 0.3 is 0 Å². The zero-order chi connectivity index (χ0) is 10.0. The summed E-state index contributed by atoms with van der Waals surface area (Å²) < 4.78 is 11.8. The maximum absolute atomic E-state index is 6.01. The van der Waals surface area contributed by atoms with Crippen molar-refractivity contribution in [3.63, 3.8) is 0 Å². The zero-order valence-electron chi connectivity index (χ0n) is 9.21. The first-order chi connectivity index (χ1) is 6.74. The SMILES string of the molecule is CCCC1COC2(CC=C(C)CC2)O1. The summed E-state index contributed by atoms with van der Waals surface area (Å²) in [4.78, 5) is 0. The van der Waals surface area contributed by atoms with E-state index >= 15 is 0 Å². The second-order valence-electron chi connectivity index (χ2n) is 4.50. The third-order valence-electron chi connectivity index (χ3n) is 3.19. The normalized spacial score (nSPS) is 37.6. The van der Waals surface area contributed by atoms with Crippen LogP contribution in [-0.4, -0.2) is 18.5 Å². The number of allylic oxidation sites excluding steroid dienone is 1. The Morgan fingerprint density at radius 1 is 1.57 bits per heavy atom. The molecule has 2 atom stereocenters. The average molecular weight is 196 g/mol. The van der Waals surface area contributed by atoms with E-state index in [-0.39, 0.29) is 5.79 Å². The quantitative estimate of drug-likeness (QED) is 0.632. The molecule has 1 heterocycles. The van der Waals surface area contributed by atoms with E-state index in [1.54, 1.807) is 0 Å². The van der Waals surface area contributed by atoms with Crippen LogP contribution in [0.25, 0.3) is 0 Å². The van der Waals surface area contributed by atoms with Crippen LogP contribution >= 0.6 is 0 Å². The fourth-order valence-corrected chi connectivity index (χ4v) is 2.24. The molecule has 0 bridgehead atoms. The van der Waals surface area contributed by atoms with Crippen LogP contribution in [0.1, 0.15) is 46.0 Å². The van der Waals surface area contributed by atoms with Gasteiger partial charge in [0.05, 0.1) is 12.7 Å². The lowest BCUT2D eigenvalue weighted by atomic mass is 9.95. The van der Waals surface area contributed by atoms with Gasteiger partial charge in [0.2, 0.25) is 0 Å². The molecule has 0 saturated carbocycles. The maximum Gasteiger partial charge on any atom is 0.172 e. The van der Waals surface area contributed by atoms with Crippen LogP contribution in [-0.2, 0) is 9.47 Å². The molecule has 0 radical (unpaired) electrons. The fraction of sp³-hybridized carbons (Fsp3) is 0.833. The van der Waals surface area contributed by atoms with Crippen molar-refractivity contribution in [2.75, 3.05) is 6.61 Å². The van der Waals surface area contributed by atoms with Crippen molar-refractivity contribution < 1.29 is 9.47 Å². The summed E-state index contributed by atoms with van der Waals surface area (Å²) >= 11 is 0. The van der Waals surface area contributed by atoms with Crippen molar-refractivity contribution in [1.29, 1.82) is 0 Å². The molecule has 1 saturated heterocycles. The van der Waals surface area contributed by atoms with E-state index in [0.29, 0.717) is 6.10 Å². The molecule has 0 aromatic heterocycles. The summed E-state index contributed by atoms with van der Waals surface area (Å²) in [7, 11) is 0. The van der Waals surface area contributed by atoms with Gasteiger partial charge in [-0.2, -0.15) is 0 Å². The standard InChI is InChI=1S/C12H20O2/c1-3-4-11-9-13-12(14-11)7-5-10(2)6-8-12/h5,11H,3-4,6-9H2,1-2H3. The molecular formula is C12H20O2. The van der Waals surface area contributed by atoms with Crippen LogP contribution in [0.4, 0.5) is 0 Å². The van der Waals surface area contributed by atoms with Crippen molar-refractivity contribution >= 4 is 0 Å². The van der Waals surface area contributed by atoms with E-state index in [1.165, 1.54) is 12.0 Å². The van der Waals surface area contributed by atoms with Gasteiger partial charge in [-0.05, 0) is 19.8 Å². The average Bonchev–Trinajstić information content (AvgIpc) is 2.56. The van der Waals surface area contributed by atoms with Gasteiger partial charge in [-0.1, -0.05) is 25.0 Å². The van der Waals surface area contributed by atoms with Crippen molar-refractivity contribution in [3.05, 3.63) is 11.6 Å². The highest BCUT2D eigenvalue weighted by atomic mass is 16.7. The van der Waals surface area contributed by atoms with Gasteiger partial charge in [-0.25, -0.2) is 0 Å². The minimum absolute atomic E-state index is 0.251. The predicted molar refractivity (Wildman–Crippen MR) is 56.1 cm³/mol. The van der Waals surface area contributed by atoms with Gasteiger partial charge in [0.25, 0.3) is 0 Å². The number of hydrogen-bond acceptors (Lipinski definition) is 2. The molecule has 1 aliphatic carbocycles. The largest absolute Gasteiger partial charge is 0.347 e. The van der Waals surface area contributed by atoms with Gasteiger partial charge in [-0.15, -0.1) is 0 Å². The van der Waals surface area contributed by atoms with Gasteiger partial charge in [0, 0.05) is 12.8 Å². The van der Waals surface area contributed by atoms with E-state index in [0.717, 1.165) is 32.3 Å². The van der Waals surface area contributed by atoms with Gasteiger partial charge in [0.15, 0.2) is 5.79 Å². The molecule has 0 aromatic carbocycles. The van der Waals surface area contributed by atoms with E-state index in [1.807, 2.05) is 0 Å². The molecule has 80 valence electrons. The van der Waals surface area contributed by atoms with E-state index in [2.05, 4.69) is 19.9 Å². The van der Waals surface area contributed by atoms with Crippen molar-refractivity contribution in [2.24, 2.45) is 0 Å². The lowest BCUT2D eigenvalue weighted by Gasteiger charge is -2.30. The predicted octanol–water partition coefficient (Wildman–Crippen LogP) is 3.03. The molecular weight excluding hydrogens is 176 g/mol. The third kappa shape index (κ3) is 2.01. The molecule has 0 amide bonds. The Labute approximate surface area is 86.3 Å². The highest BCUT2D eigenvalue weighted by Gasteiger charge is 2.41. The number of ether oxygens (including phenoxy) is 2. The molecule has 2 unspecified atom stereocenters. The smallest absolute Gasteiger partial charge is 0.172 e. The van der Waals surface area contributed by atoms with E-state index in [9.17, 15) is 0 Å². The Balaban J connectivity index is 1.93.